The molecule has 0 spiro atoms. The number of aryl methyl sites for hydroxylation is 1. The van der Waals surface area contributed by atoms with Crippen molar-refractivity contribution in [1.29, 1.82) is 0 Å². The zero-order chi connectivity index (χ0) is 22.7. The van der Waals surface area contributed by atoms with Gasteiger partial charge in [0.15, 0.2) is 0 Å². The van der Waals surface area contributed by atoms with E-state index in [1.165, 1.54) is 31.3 Å². The first-order chi connectivity index (χ1) is 14.5. The Morgan fingerprint density at radius 2 is 2.10 bits per heavy atom. The minimum Gasteiger partial charge on any atom is -0.472 e. The van der Waals surface area contributed by atoms with Gasteiger partial charge in [-0.2, -0.15) is 8.42 Å². The minimum atomic E-state index is -4.42. The second-order valence-corrected chi connectivity index (χ2v) is 11.6. The van der Waals surface area contributed by atoms with Crippen LogP contribution in [0.1, 0.15) is 84.1 Å². The van der Waals surface area contributed by atoms with Gasteiger partial charge in [0.1, 0.15) is 0 Å². The molecule has 5 atom stereocenters. The van der Waals surface area contributed by atoms with Crippen molar-refractivity contribution >= 4 is 10.4 Å². The van der Waals surface area contributed by atoms with E-state index < -0.39 is 10.4 Å². The standard InChI is InChI=1S/C25H40O5S/c1-19-7-5-10-23-24(19,3)14-11-20(2)25(23,4)15-12-21(18-30-31(26,27)28)8-6-9-22-13-16-29-17-22/h13,16-17,20-21,23H,1,5-12,14-15,18H2,2-4H3,(H,26,27,28)/t20-,21+,23+,24-,25+/m1/s1. The summed E-state index contributed by atoms with van der Waals surface area (Å²) in [6, 6.07) is 1.96. The predicted octanol–water partition coefficient (Wildman–Crippen LogP) is 6.62. The second-order valence-electron chi connectivity index (χ2n) is 10.6. The average Bonchev–Trinajstić information content (AvgIpc) is 3.21. The van der Waals surface area contributed by atoms with Crippen molar-refractivity contribution in [3.8, 4) is 0 Å². The molecule has 2 fully saturated rings. The summed E-state index contributed by atoms with van der Waals surface area (Å²) in [6.07, 6.45) is 14.1. The Morgan fingerprint density at radius 3 is 2.77 bits per heavy atom. The van der Waals surface area contributed by atoms with Crippen molar-refractivity contribution in [3.63, 3.8) is 0 Å². The van der Waals surface area contributed by atoms with Gasteiger partial charge in [0, 0.05) is 0 Å². The fourth-order valence-corrected chi connectivity index (χ4v) is 6.79. The van der Waals surface area contributed by atoms with Crippen LogP contribution in [-0.2, 0) is 21.0 Å². The Balaban J connectivity index is 1.67. The van der Waals surface area contributed by atoms with Crippen LogP contribution in [0.3, 0.4) is 0 Å². The van der Waals surface area contributed by atoms with Gasteiger partial charge >= 0.3 is 10.4 Å². The molecule has 2 aliphatic rings. The van der Waals surface area contributed by atoms with Crippen molar-refractivity contribution in [1.82, 2.24) is 0 Å². The van der Waals surface area contributed by atoms with Gasteiger partial charge in [0.05, 0.1) is 19.1 Å². The van der Waals surface area contributed by atoms with Crippen molar-refractivity contribution in [2.45, 2.75) is 85.0 Å². The van der Waals surface area contributed by atoms with E-state index >= 15 is 0 Å². The highest BCUT2D eigenvalue weighted by atomic mass is 32.3. The molecular weight excluding hydrogens is 412 g/mol. The summed E-state index contributed by atoms with van der Waals surface area (Å²) in [5.41, 5.74) is 3.01. The zero-order valence-corrected chi connectivity index (χ0v) is 20.3. The quantitative estimate of drug-likeness (QED) is 0.319. The van der Waals surface area contributed by atoms with Crippen molar-refractivity contribution in [2.24, 2.45) is 28.6 Å². The summed E-state index contributed by atoms with van der Waals surface area (Å²) in [5, 5.41) is 0. The predicted molar refractivity (Wildman–Crippen MR) is 123 cm³/mol. The number of furan rings is 1. The molecule has 0 saturated heterocycles. The number of rotatable bonds is 10. The average molecular weight is 453 g/mol. The molecule has 1 heterocycles. The van der Waals surface area contributed by atoms with E-state index in [1.807, 2.05) is 6.07 Å². The lowest BCUT2D eigenvalue weighted by atomic mass is 9.46. The highest BCUT2D eigenvalue weighted by Crippen LogP contribution is 2.62. The first-order valence-electron chi connectivity index (χ1n) is 11.9. The molecule has 1 aromatic heterocycles. The second kappa shape index (κ2) is 9.80. The van der Waals surface area contributed by atoms with E-state index in [4.69, 9.17) is 13.2 Å². The maximum Gasteiger partial charge on any atom is 0.397 e. The third-order valence-electron chi connectivity index (χ3n) is 8.77. The first-order valence-corrected chi connectivity index (χ1v) is 13.2. The Morgan fingerprint density at radius 1 is 1.32 bits per heavy atom. The van der Waals surface area contributed by atoms with Crippen LogP contribution < -0.4 is 0 Å². The summed E-state index contributed by atoms with van der Waals surface area (Å²) in [4.78, 5) is 0. The van der Waals surface area contributed by atoms with Crippen LogP contribution in [0.2, 0.25) is 0 Å². The molecule has 0 amide bonds. The van der Waals surface area contributed by atoms with E-state index in [0.29, 0.717) is 11.8 Å². The molecule has 0 aliphatic heterocycles. The number of hydrogen-bond donors (Lipinski definition) is 1. The van der Waals surface area contributed by atoms with Crippen LogP contribution in [-0.4, -0.2) is 19.6 Å². The Hall–Kier alpha value is -1.11. The molecule has 6 heteroatoms. The topological polar surface area (TPSA) is 76.7 Å². The van der Waals surface area contributed by atoms with Crippen LogP contribution >= 0.6 is 0 Å². The first kappa shape index (κ1) is 24.5. The van der Waals surface area contributed by atoms with Gasteiger partial charge < -0.3 is 4.42 Å². The van der Waals surface area contributed by atoms with Crippen LogP contribution in [0, 0.1) is 28.6 Å². The zero-order valence-electron chi connectivity index (χ0n) is 19.4. The Kier molecular flexibility index (Phi) is 7.75. The molecule has 0 radical (unpaired) electrons. The minimum absolute atomic E-state index is 0.0450. The van der Waals surface area contributed by atoms with Gasteiger partial charge in [0.25, 0.3) is 0 Å². The summed E-state index contributed by atoms with van der Waals surface area (Å²) < 4.78 is 41.4. The van der Waals surface area contributed by atoms with Crippen molar-refractivity contribution in [2.75, 3.05) is 6.61 Å². The van der Waals surface area contributed by atoms with E-state index in [2.05, 4.69) is 27.4 Å². The number of hydrogen-bond acceptors (Lipinski definition) is 4. The number of allylic oxidation sites excluding steroid dienone is 1. The van der Waals surface area contributed by atoms with E-state index in [9.17, 15) is 8.42 Å². The lowest BCUT2D eigenvalue weighted by molar-refractivity contribution is -0.0587. The van der Waals surface area contributed by atoms with Crippen LogP contribution in [0.4, 0.5) is 0 Å². The molecule has 1 N–H and O–H groups in total. The molecule has 2 saturated carbocycles. The van der Waals surface area contributed by atoms with Gasteiger partial charge in [-0.25, -0.2) is 4.18 Å². The van der Waals surface area contributed by atoms with E-state index in [-0.39, 0.29) is 23.4 Å². The molecular formula is C25H40O5S. The molecule has 5 nitrogen and oxygen atoms in total. The molecule has 1 aromatic rings. The summed E-state index contributed by atoms with van der Waals surface area (Å²) in [5.74, 6) is 1.35. The fraction of sp³-hybridized carbons (Fsp3) is 0.760. The third-order valence-corrected chi connectivity index (χ3v) is 9.20. The monoisotopic (exact) mass is 452 g/mol. The molecule has 0 aromatic carbocycles. The van der Waals surface area contributed by atoms with Gasteiger partial charge in [-0.3, -0.25) is 4.55 Å². The maximum absolute atomic E-state index is 11.2. The van der Waals surface area contributed by atoms with Crippen LogP contribution in [0.5, 0.6) is 0 Å². The largest absolute Gasteiger partial charge is 0.472 e. The highest BCUT2D eigenvalue weighted by molar-refractivity contribution is 7.80. The van der Waals surface area contributed by atoms with Crippen molar-refractivity contribution < 1.29 is 21.6 Å². The van der Waals surface area contributed by atoms with E-state index in [1.54, 1.807) is 12.5 Å². The lowest BCUT2D eigenvalue weighted by Gasteiger charge is -2.59. The van der Waals surface area contributed by atoms with Crippen molar-refractivity contribution in [3.05, 3.63) is 36.3 Å². The Labute approximate surface area is 188 Å². The van der Waals surface area contributed by atoms with Gasteiger partial charge in [0.2, 0.25) is 0 Å². The summed E-state index contributed by atoms with van der Waals surface area (Å²) in [6.45, 7) is 11.8. The SMILES string of the molecule is C=C1CCC[C@@H]2[C@@](C)(CC[C@H](CCCc3ccoc3)COS(=O)(=O)O)[C@H](C)CC[C@]12C. The number of fused-ring (bicyclic) bond motifs is 1. The normalized spacial score (nSPS) is 32.6. The Bertz CT molecular complexity index is 830. The summed E-state index contributed by atoms with van der Waals surface area (Å²) in [7, 11) is -4.42. The lowest BCUT2D eigenvalue weighted by Crippen LogP contribution is -2.50. The van der Waals surface area contributed by atoms with Gasteiger partial charge in [-0.05, 0) is 104 Å². The maximum atomic E-state index is 11.2. The van der Waals surface area contributed by atoms with E-state index in [0.717, 1.165) is 44.1 Å². The molecule has 176 valence electrons. The molecule has 3 rings (SSSR count). The third kappa shape index (κ3) is 5.82. The molecule has 31 heavy (non-hydrogen) atoms. The fourth-order valence-electron chi connectivity index (χ4n) is 6.43. The van der Waals surface area contributed by atoms with Crippen LogP contribution in [0.15, 0.2) is 35.2 Å². The smallest absolute Gasteiger partial charge is 0.397 e. The van der Waals surface area contributed by atoms with Crippen LogP contribution in [0.25, 0.3) is 0 Å². The highest BCUT2D eigenvalue weighted by Gasteiger charge is 2.53. The van der Waals surface area contributed by atoms with Gasteiger partial charge in [-0.1, -0.05) is 32.9 Å². The molecule has 0 unspecified atom stereocenters. The summed E-state index contributed by atoms with van der Waals surface area (Å²) >= 11 is 0. The van der Waals surface area contributed by atoms with Gasteiger partial charge in [-0.15, -0.1) is 0 Å². The molecule has 0 bridgehead atoms. The molecule has 2 aliphatic carbocycles.